The van der Waals surface area contributed by atoms with Crippen LogP contribution in [0.15, 0.2) is 24.3 Å². The Balaban J connectivity index is 1.73. The summed E-state index contributed by atoms with van der Waals surface area (Å²) in [5.74, 6) is 0.254. The van der Waals surface area contributed by atoms with Crippen LogP contribution in [0.3, 0.4) is 0 Å². The molecular formula is C16H21FN4O2S. The smallest absolute Gasteiger partial charge is 0.323 e. The van der Waals surface area contributed by atoms with E-state index >= 15 is 0 Å². The molecule has 2 rings (SSSR count). The van der Waals surface area contributed by atoms with Crippen LogP contribution in [0.2, 0.25) is 0 Å². The minimum Gasteiger partial charge on any atom is -0.492 e. The van der Waals surface area contributed by atoms with Crippen LogP contribution in [-0.4, -0.2) is 41.3 Å². The lowest BCUT2D eigenvalue weighted by molar-refractivity contribution is 0.207. The number of aromatic nitrogens is 2. The highest BCUT2D eigenvalue weighted by Crippen LogP contribution is 2.17. The number of carbonyl (C=O) groups is 1. The molecule has 1 heterocycles. The summed E-state index contributed by atoms with van der Waals surface area (Å²) in [5.41, 5.74) is 0. The second kappa shape index (κ2) is 9.17. The van der Waals surface area contributed by atoms with Crippen molar-refractivity contribution >= 4 is 22.5 Å². The van der Waals surface area contributed by atoms with E-state index in [1.54, 1.807) is 19.2 Å². The number of ether oxygens (including phenoxy) is 1. The van der Waals surface area contributed by atoms with Crippen molar-refractivity contribution in [1.29, 1.82) is 0 Å². The van der Waals surface area contributed by atoms with Gasteiger partial charge in [0.25, 0.3) is 0 Å². The predicted octanol–water partition coefficient (Wildman–Crippen LogP) is 3.56. The highest BCUT2D eigenvalue weighted by Gasteiger charge is 2.12. The van der Waals surface area contributed by atoms with Gasteiger partial charge in [-0.1, -0.05) is 24.7 Å². The molecule has 0 bridgehead atoms. The van der Waals surface area contributed by atoms with E-state index in [1.807, 2.05) is 0 Å². The number of halogens is 1. The highest BCUT2D eigenvalue weighted by atomic mass is 32.1. The molecule has 0 saturated carbocycles. The monoisotopic (exact) mass is 352 g/mol. The first kappa shape index (κ1) is 18.1. The van der Waals surface area contributed by atoms with E-state index in [9.17, 15) is 9.18 Å². The van der Waals surface area contributed by atoms with Gasteiger partial charge in [0.1, 0.15) is 23.2 Å². The topological polar surface area (TPSA) is 67.4 Å². The largest absolute Gasteiger partial charge is 0.492 e. The number of nitrogens with one attached hydrogen (secondary N) is 1. The molecule has 0 aliphatic heterocycles. The molecule has 0 spiro atoms. The van der Waals surface area contributed by atoms with Gasteiger partial charge >= 0.3 is 6.03 Å². The van der Waals surface area contributed by atoms with Crippen molar-refractivity contribution in [1.82, 2.24) is 15.1 Å². The Labute approximate surface area is 144 Å². The standard InChI is InChI=1S/C16H21FN4O2S/c1-3-4-5-14-19-20-15(24-14)18-16(22)21(2)10-11-23-13-8-6-12(17)7-9-13/h6-9H,3-5,10-11H2,1-2H3,(H,18,20,22). The number of aryl methyl sites for hydroxylation is 1. The summed E-state index contributed by atoms with van der Waals surface area (Å²) >= 11 is 1.39. The fourth-order valence-corrected chi connectivity index (χ4v) is 2.62. The van der Waals surface area contributed by atoms with E-state index in [1.165, 1.54) is 28.4 Å². The maximum absolute atomic E-state index is 12.8. The van der Waals surface area contributed by atoms with Gasteiger partial charge in [-0.3, -0.25) is 5.32 Å². The normalized spacial score (nSPS) is 10.5. The summed E-state index contributed by atoms with van der Waals surface area (Å²) in [5, 5.41) is 12.2. The zero-order valence-corrected chi connectivity index (χ0v) is 14.6. The van der Waals surface area contributed by atoms with E-state index in [2.05, 4.69) is 22.4 Å². The SMILES string of the molecule is CCCCc1nnc(NC(=O)N(C)CCOc2ccc(F)cc2)s1. The number of carbonyl (C=O) groups excluding carboxylic acids is 1. The zero-order valence-electron chi connectivity index (χ0n) is 13.8. The number of unbranched alkanes of at least 4 members (excludes halogenated alkanes) is 1. The summed E-state index contributed by atoms with van der Waals surface area (Å²) in [4.78, 5) is 13.6. The Morgan fingerprint density at radius 1 is 1.33 bits per heavy atom. The van der Waals surface area contributed by atoms with Gasteiger partial charge in [-0.15, -0.1) is 10.2 Å². The van der Waals surface area contributed by atoms with E-state index in [-0.39, 0.29) is 11.8 Å². The lowest BCUT2D eigenvalue weighted by atomic mass is 10.3. The first-order valence-corrected chi connectivity index (χ1v) is 8.63. The van der Waals surface area contributed by atoms with Gasteiger partial charge in [-0.05, 0) is 30.7 Å². The molecule has 0 atom stereocenters. The zero-order chi connectivity index (χ0) is 17.4. The van der Waals surface area contributed by atoms with Gasteiger partial charge in [0.15, 0.2) is 0 Å². The maximum Gasteiger partial charge on any atom is 0.323 e. The fraction of sp³-hybridized carbons (Fsp3) is 0.438. The second-order valence-corrected chi connectivity index (χ2v) is 6.32. The molecule has 0 aliphatic carbocycles. The van der Waals surface area contributed by atoms with Crippen molar-refractivity contribution in [3.63, 3.8) is 0 Å². The summed E-state index contributed by atoms with van der Waals surface area (Å²) in [6.07, 6.45) is 3.03. The summed E-state index contributed by atoms with van der Waals surface area (Å²) < 4.78 is 18.3. The summed E-state index contributed by atoms with van der Waals surface area (Å²) in [6, 6.07) is 5.49. The number of likely N-dealkylation sites (N-methyl/N-ethyl adjacent to an activating group) is 1. The van der Waals surface area contributed by atoms with Crippen molar-refractivity contribution in [2.45, 2.75) is 26.2 Å². The molecule has 2 aromatic rings. The first-order chi connectivity index (χ1) is 11.6. The maximum atomic E-state index is 12.8. The number of benzene rings is 1. The lowest BCUT2D eigenvalue weighted by Crippen LogP contribution is -2.34. The van der Waals surface area contributed by atoms with Crippen LogP contribution in [-0.2, 0) is 6.42 Å². The average molecular weight is 352 g/mol. The molecule has 8 heteroatoms. The number of nitrogens with zero attached hydrogens (tertiary/aromatic N) is 3. The van der Waals surface area contributed by atoms with E-state index in [0.29, 0.717) is 24.0 Å². The van der Waals surface area contributed by atoms with Crippen LogP contribution >= 0.6 is 11.3 Å². The molecule has 130 valence electrons. The number of amides is 2. The van der Waals surface area contributed by atoms with Crippen LogP contribution in [0.4, 0.5) is 14.3 Å². The molecule has 0 unspecified atom stereocenters. The minimum atomic E-state index is -0.311. The second-order valence-electron chi connectivity index (χ2n) is 5.26. The van der Waals surface area contributed by atoms with Crippen molar-refractivity contribution in [3.8, 4) is 5.75 Å². The number of anilines is 1. The fourth-order valence-electron chi connectivity index (χ4n) is 1.85. The Morgan fingerprint density at radius 3 is 2.79 bits per heavy atom. The molecular weight excluding hydrogens is 331 g/mol. The average Bonchev–Trinajstić information content (AvgIpc) is 3.02. The number of urea groups is 1. The molecule has 1 aromatic heterocycles. The summed E-state index contributed by atoms with van der Waals surface area (Å²) in [7, 11) is 1.67. The van der Waals surface area contributed by atoms with E-state index in [4.69, 9.17) is 4.74 Å². The third kappa shape index (κ3) is 5.77. The number of rotatable bonds is 8. The molecule has 0 aliphatic rings. The van der Waals surface area contributed by atoms with Crippen molar-refractivity contribution in [2.75, 3.05) is 25.5 Å². The molecule has 1 aromatic carbocycles. The third-order valence-electron chi connectivity index (χ3n) is 3.28. The predicted molar refractivity (Wildman–Crippen MR) is 92.1 cm³/mol. The Morgan fingerprint density at radius 2 is 2.08 bits per heavy atom. The minimum absolute atomic E-state index is 0.268. The third-order valence-corrected chi connectivity index (χ3v) is 4.18. The molecule has 6 nitrogen and oxygen atoms in total. The molecule has 0 fully saturated rings. The van der Waals surface area contributed by atoms with Crippen LogP contribution in [0.5, 0.6) is 5.75 Å². The summed E-state index contributed by atoms with van der Waals surface area (Å²) in [6.45, 7) is 2.82. The van der Waals surface area contributed by atoms with Crippen LogP contribution in [0, 0.1) is 5.82 Å². The van der Waals surface area contributed by atoms with Gasteiger partial charge in [-0.25, -0.2) is 9.18 Å². The van der Waals surface area contributed by atoms with Crippen LogP contribution in [0.25, 0.3) is 0 Å². The van der Waals surface area contributed by atoms with E-state index < -0.39 is 0 Å². The number of hydrogen-bond donors (Lipinski definition) is 1. The molecule has 0 saturated heterocycles. The Kier molecular flexibility index (Phi) is 6.92. The Bertz CT molecular complexity index is 648. The van der Waals surface area contributed by atoms with Gasteiger partial charge in [0.05, 0.1) is 6.54 Å². The molecule has 24 heavy (non-hydrogen) atoms. The van der Waals surface area contributed by atoms with Gasteiger partial charge in [0.2, 0.25) is 5.13 Å². The van der Waals surface area contributed by atoms with Crippen LogP contribution < -0.4 is 10.1 Å². The van der Waals surface area contributed by atoms with Crippen LogP contribution in [0.1, 0.15) is 24.8 Å². The first-order valence-electron chi connectivity index (χ1n) is 7.81. The highest BCUT2D eigenvalue weighted by molar-refractivity contribution is 7.15. The van der Waals surface area contributed by atoms with Gasteiger partial charge in [0, 0.05) is 13.5 Å². The molecule has 2 amide bonds. The lowest BCUT2D eigenvalue weighted by Gasteiger charge is -2.17. The van der Waals surface area contributed by atoms with Gasteiger partial charge in [-0.2, -0.15) is 0 Å². The van der Waals surface area contributed by atoms with E-state index in [0.717, 1.165) is 24.3 Å². The van der Waals surface area contributed by atoms with Crippen molar-refractivity contribution < 1.29 is 13.9 Å². The van der Waals surface area contributed by atoms with Crippen molar-refractivity contribution in [3.05, 3.63) is 35.1 Å². The molecule has 1 N–H and O–H groups in total. The van der Waals surface area contributed by atoms with Gasteiger partial charge < -0.3 is 9.64 Å². The quantitative estimate of drug-likeness (QED) is 0.789. The Hall–Kier alpha value is -2.22. The van der Waals surface area contributed by atoms with Crippen molar-refractivity contribution in [2.24, 2.45) is 0 Å². The molecule has 0 radical (unpaired) electrons. The number of hydrogen-bond acceptors (Lipinski definition) is 5.